The molecule has 2 aromatic carbocycles. The quantitative estimate of drug-likeness (QED) is 0.717. The summed E-state index contributed by atoms with van der Waals surface area (Å²) in [5, 5.41) is 3.45. The second-order valence-electron chi connectivity index (χ2n) is 6.97. The Bertz CT molecular complexity index is 665. The number of piperazine rings is 1. The van der Waals surface area contributed by atoms with Crippen molar-refractivity contribution in [1.82, 2.24) is 10.2 Å². The molecule has 0 radical (unpaired) electrons. The first-order valence-electron chi connectivity index (χ1n) is 9.41. The summed E-state index contributed by atoms with van der Waals surface area (Å²) in [4.78, 5) is 2.61. The molecule has 27 heavy (non-hydrogen) atoms. The monoisotopic (exact) mass is 410 g/mol. The summed E-state index contributed by atoms with van der Waals surface area (Å²) in [6, 6.07) is 15.5. The minimum atomic E-state index is 0. The molecule has 0 amide bonds. The largest absolute Gasteiger partial charge is 0.488 e. The van der Waals surface area contributed by atoms with Crippen LogP contribution in [0.4, 0.5) is 0 Å². The molecule has 0 saturated carbocycles. The molecule has 0 bridgehead atoms. The molecule has 0 aromatic heterocycles. The fourth-order valence-corrected chi connectivity index (χ4v) is 3.83. The lowest BCUT2D eigenvalue weighted by Crippen LogP contribution is -2.45. The molecule has 1 atom stereocenters. The highest BCUT2D eigenvalue weighted by atomic mass is 35.5. The highest BCUT2D eigenvalue weighted by Gasteiger charge is 2.21. The second kappa shape index (κ2) is 11.6. The van der Waals surface area contributed by atoms with Crippen LogP contribution in [0.5, 0.6) is 5.75 Å². The molecule has 1 fully saturated rings. The van der Waals surface area contributed by atoms with Crippen LogP contribution in [0.2, 0.25) is 0 Å². The SMILES string of the molecule is CC[C@@H](c1cc(C)c(OCc2ccccc2)c(C)c1)N1CCNCC1.Cl.Cl. The van der Waals surface area contributed by atoms with E-state index in [1.54, 1.807) is 0 Å². The molecule has 1 N–H and O–H groups in total. The standard InChI is InChI=1S/C22H30N2O.2ClH/c1-4-21(24-12-10-23-11-13-24)20-14-17(2)22(18(3)15-20)25-16-19-8-6-5-7-9-19;;/h5-9,14-15,21,23H,4,10-13,16H2,1-3H3;2*1H/t21-;;/m0../s1. The Morgan fingerprint density at radius 2 is 1.59 bits per heavy atom. The summed E-state index contributed by atoms with van der Waals surface area (Å²) < 4.78 is 6.14. The van der Waals surface area contributed by atoms with E-state index in [9.17, 15) is 0 Å². The van der Waals surface area contributed by atoms with Crippen molar-refractivity contribution < 1.29 is 4.74 Å². The Morgan fingerprint density at radius 3 is 2.15 bits per heavy atom. The third kappa shape index (κ3) is 6.11. The van der Waals surface area contributed by atoms with Gasteiger partial charge in [0.2, 0.25) is 0 Å². The summed E-state index contributed by atoms with van der Waals surface area (Å²) in [7, 11) is 0. The number of rotatable bonds is 6. The number of benzene rings is 2. The van der Waals surface area contributed by atoms with Gasteiger partial charge in [-0.25, -0.2) is 0 Å². The van der Waals surface area contributed by atoms with E-state index in [0.29, 0.717) is 12.6 Å². The van der Waals surface area contributed by atoms with Gasteiger partial charge in [0, 0.05) is 32.2 Å². The van der Waals surface area contributed by atoms with Gasteiger partial charge in [-0.05, 0) is 42.5 Å². The molecule has 0 unspecified atom stereocenters. The van der Waals surface area contributed by atoms with Gasteiger partial charge in [0.1, 0.15) is 12.4 Å². The van der Waals surface area contributed by atoms with Crippen molar-refractivity contribution in [3.63, 3.8) is 0 Å². The number of hydrogen-bond acceptors (Lipinski definition) is 3. The molecule has 3 rings (SSSR count). The van der Waals surface area contributed by atoms with Crippen LogP contribution < -0.4 is 10.1 Å². The Labute approximate surface area is 176 Å². The summed E-state index contributed by atoms with van der Waals surface area (Å²) >= 11 is 0. The summed E-state index contributed by atoms with van der Waals surface area (Å²) in [6.45, 7) is 11.7. The van der Waals surface area contributed by atoms with Crippen LogP contribution in [0.15, 0.2) is 42.5 Å². The molecular weight excluding hydrogens is 379 g/mol. The second-order valence-corrected chi connectivity index (χ2v) is 6.97. The maximum absolute atomic E-state index is 6.14. The third-order valence-electron chi connectivity index (χ3n) is 5.07. The predicted octanol–water partition coefficient (Wildman–Crippen LogP) is 5.08. The van der Waals surface area contributed by atoms with E-state index >= 15 is 0 Å². The molecule has 0 spiro atoms. The van der Waals surface area contributed by atoms with Crippen LogP contribution >= 0.6 is 24.8 Å². The molecule has 2 aromatic rings. The molecule has 0 aliphatic carbocycles. The van der Waals surface area contributed by atoms with Crippen molar-refractivity contribution >= 4 is 24.8 Å². The average Bonchev–Trinajstić information content (AvgIpc) is 2.63. The number of nitrogens with one attached hydrogen (secondary N) is 1. The Balaban J connectivity index is 0.00000182. The van der Waals surface area contributed by atoms with Crippen molar-refractivity contribution in [2.24, 2.45) is 0 Å². The zero-order valence-electron chi connectivity index (χ0n) is 16.5. The van der Waals surface area contributed by atoms with E-state index in [1.807, 2.05) is 6.07 Å². The Kier molecular flexibility index (Phi) is 10.2. The first-order valence-corrected chi connectivity index (χ1v) is 9.41. The van der Waals surface area contributed by atoms with Crippen LogP contribution in [-0.4, -0.2) is 31.1 Å². The van der Waals surface area contributed by atoms with Crippen LogP contribution in [0, 0.1) is 13.8 Å². The van der Waals surface area contributed by atoms with Crippen molar-refractivity contribution in [2.45, 2.75) is 39.8 Å². The van der Waals surface area contributed by atoms with Gasteiger partial charge in [0.05, 0.1) is 0 Å². The lowest BCUT2D eigenvalue weighted by atomic mass is 9.97. The van der Waals surface area contributed by atoms with E-state index in [0.717, 1.165) is 38.3 Å². The third-order valence-corrected chi connectivity index (χ3v) is 5.07. The maximum atomic E-state index is 6.14. The molecule has 1 aliphatic heterocycles. The summed E-state index contributed by atoms with van der Waals surface area (Å²) in [5.41, 5.74) is 5.10. The Morgan fingerprint density at radius 1 is 1.00 bits per heavy atom. The van der Waals surface area contributed by atoms with Gasteiger partial charge in [-0.1, -0.05) is 49.4 Å². The van der Waals surface area contributed by atoms with Crippen LogP contribution in [-0.2, 0) is 6.61 Å². The van der Waals surface area contributed by atoms with Crippen LogP contribution in [0.1, 0.15) is 41.6 Å². The van der Waals surface area contributed by atoms with Crippen molar-refractivity contribution in [3.05, 3.63) is 64.7 Å². The topological polar surface area (TPSA) is 24.5 Å². The minimum Gasteiger partial charge on any atom is -0.488 e. The molecule has 1 aliphatic rings. The van der Waals surface area contributed by atoms with E-state index in [2.05, 4.69) is 67.4 Å². The van der Waals surface area contributed by atoms with Crippen molar-refractivity contribution in [2.75, 3.05) is 26.2 Å². The molecule has 3 nitrogen and oxygen atoms in total. The van der Waals surface area contributed by atoms with E-state index in [1.165, 1.54) is 22.3 Å². The van der Waals surface area contributed by atoms with E-state index < -0.39 is 0 Å². The van der Waals surface area contributed by atoms with Gasteiger partial charge in [-0.15, -0.1) is 24.8 Å². The first kappa shape index (κ1) is 23.8. The van der Waals surface area contributed by atoms with Gasteiger partial charge in [0.15, 0.2) is 0 Å². The normalized spacial score (nSPS) is 15.4. The van der Waals surface area contributed by atoms with E-state index in [-0.39, 0.29) is 24.8 Å². The minimum absolute atomic E-state index is 0. The van der Waals surface area contributed by atoms with Crippen LogP contribution in [0.25, 0.3) is 0 Å². The maximum Gasteiger partial charge on any atom is 0.125 e. The first-order chi connectivity index (χ1) is 12.2. The van der Waals surface area contributed by atoms with Crippen molar-refractivity contribution in [1.29, 1.82) is 0 Å². The number of hydrogen-bond donors (Lipinski definition) is 1. The molecular formula is C22H32Cl2N2O. The molecule has 150 valence electrons. The van der Waals surface area contributed by atoms with Crippen molar-refractivity contribution in [3.8, 4) is 5.75 Å². The zero-order chi connectivity index (χ0) is 17.6. The van der Waals surface area contributed by atoms with Gasteiger partial charge in [0.25, 0.3) is 0 Å². The van der Waals surface area contributed by atoms with E-state index in [4.69, 9.17) is 4.74 Å². The molecule has 5 heteroatoms. The lowest BCUT2D eigenvalue weighted by molar-refractivity contribution is 0.169. The van der Waals surface area contributed by atoms with Gasteiger partial charge in [-0.2, -0.15) is 0 Å². The molecule has 1 heterocycles. The highest BCUT2D eigenvalue weighted by molar-refractivity contribution is 5.85. The highest BCUT2D eigenvalue weighted by Crippen LogP contribution is 2.32. The fraction of sp³-hybridized carbons (Fsp3) is 0.455. The average molecular weight is 411 g/mol. The number of halogens is 2. The Hall–Kier alpha value is -1.26. The summed E-state index contributed by atoms with van der Waals surface area (Å²) in [5.74, 6) is 1.03. The number of nitrogens with zero attached hydrogens (tertiary/aromatic N) is 1. The number of aryl methyl sites for hydroxylation is 2. The lowest BCUT2D eigenvalue weighted by Gasteiger charge is -2.35. The smallest absolute Gasteiger partial charge is 0.125 e. The van der Waals surface area contributed by atoms with Crippen LogP contribution in [0.3, 0.4) is 0 Å². The van der Waals surface area contributed by atoms with Gasteiger partial charge >= 0.3 is 0 Å². The molecule has 1 saturated heterocycles. The van der Waals surface area contributed by atoms with Gasteiger partial charge < -0.3 is 10.1 Å². The zero-order valence-corrected chi connectivity index (χ0v) is 18.2. The predicted molar refractivity (Wildman–Crippen MR) is 119 cm³/mol. The number of ether oxygens (including phenoxy) is 1. The summed E-state index contributed by atoms with van der Waals surface area (Å²) in [6.07, 6.45) is 1.14. The fourth-order valence-electron chi connectivity index (χ4n) is 3.83. The van der Waals surface area contributed by atoms with Gasteiger partial charge in [-0.3, -0.25) is 4.90 Å².